The molecule has 1 saturated heterocycles. The minimum atomic E-state index is 0. The van der Waals surface area contributed by atoms with Crippen LogP contribution >= 0.6 is 24.8 Å². The standard InChI is InChI=1S/C21H23N3O.2ClH/c1-4-19(16-22-9-1)21-18(3-2-10-23-21)15-17-5-7-20(8-6-17)24-11-13-25-14-12-24;;/h1,4-9,15-16H,2-3,10-14H2;2*1H/b18-15+;;. The van der Waals surface area contributed by atoms with Crippen molar-refractivity contribution >= 4 is 42.3 Å². The van der Waals surface area contributed by atoms with Gasteiger partial charge in [-0.15, -0.1) is 24.8 Å². The number of pyridine rings is 1. The molecule has 144 valence electrons. The molecule has 0 N–H and O–H groups in total. The highest BCUT2D eigenvalue weighted by Gasteiger charge is 2.15. The molecule has 0 radical (unpaired) electrons. The third-order valence-electron chi connectivity index (χ3n) is 4.72. The Bertz CT molecular complexity index is 770. The molecule has 0 bridgehead atoms. The lowest BCUT2D eigenvalue weighted by atomic mass is 9.95. The highest BCUT2D eigenvalue weighted by Crippen LogP contribution is 2.23. The molecule has 0 amide bonds. The monoisotopic (exact) mass is 405 g/mol. The summed E-state index contributed by atoms with van der Waals surface area (Å²) < 4.78 is 5.43. The fraction of sp³-hybridized carbons (Fsp3) is 0.333. The van der Waals surface area contributed by atoms with Crippen LogP contribution in [0.5, 0.6) is 0 Å². The van der Waals surface area contributed by atoms with E-state index in [-0.39, 0.29) is 24.8 Å². The Kier molecular flexibility index (Phi) is 8.29. The van der Waals surface area contributed by atoms with Gasteiger partial charge in [-0.25, -0.2) is 0 Å². The first-order valence-electron chi connectivity index (χ1n) is 8.99. The van der Waals surface area contributed by atoms with Crippen molar-refractivity contribution in [3.8, 4) is 0 Å². The van der Waals surface area contributed by atoms with Gasteiger partial charge in [0.2, 0.25) is 0 Å². The SMILES string of the molecule is C(=C1/CCCN=C1c1cccnc1)/c1ccc(N2CCOCC2)cc1.Cl.Cl. The maximum Gasteiger partial charge on any atom is 0.0694 e. The van der Waals surface area contributed by atoms with Gasteiger partial charge in [0.15, 0.2) is 0 Å². The van der Waals surface area contributed by atoms with Gasteiger partial charge in [0, 0.05) is 43.3 Å². The van der Waals surface area contributed by atoms with Crippen LogP contribution in [0.2, 0.25) is 0 Å². The van der Waals surface area contributed by atoms with Crippen LogP contribution in [-0.4, -0.2) is 43.5 Å². The zero-order chi connectivity index (χ0) is 16.9. The van der Waals surface area contributed by atoms with Crippen molar-refractivity contribution in [3.05, 3.63) is 65.5 Å². The Labute approximate surface area is 173 Å². The zero-order valence-electron chi connectivity index (χ0n) is 15.2. The largest absolute Gasteiger partial charge is 0.378 e. The van der Waals surface area contributed by atoms with E-state index >= 15 is 0 Å². The number of aliphatic imine (C=N–C) groups is 1. The second kappa shape index (κ2) is 10.5. The van der Waals surface area contributed by atoms with Gasteiger partial charge in [-0.3, -0.25) is 9.98 Å². The fourth-order valence-corrected chi connectivity index (χ4v) is 3.40. The Morgan fingerprint density at radius 1 is 1.00 bits per heavy atom. The molecule has 1 fully saturated rings. The molecule has 1 aromatic heterocycles. The Morgan fingerprint density at radius 3 is 2.48 bits per heavy atom. The summed E-state index contributed by atoms with van der Waals surface area (Å²) in [5.74, 6) is 0. The van der Waals surface area contributed by atoms with E-state index in [1.165, 1.54) is 16.8 Å². The van der Waals surface area contributed by atoms with Crippen LogP contribution < -0.4 is 4.90 Å². The number of aromatic nitrogens is 1. The predicted molar refractivity (Wildman–Crippen MR) is 117 cm³/mol. The van der Waals surface area contributed by atoms with Crippen molar-refractivity contribution in [2.45, 2.75) is 12.8 Å². The molecule has 2 aromatic rings. The molecule has 0 atom stereocenters. The zero-order valence-corrected chi connectivity index (χ0v) is 16.8. The number of halogens is 2. The summed E-state index contributed by atoms with van der Waals surface area (Å²) in [5, 5.41) is 0. The van der Waals surface area contributed by atoms with Crippen molar-refractivity contribution < 1.29 is 4.74 Å². The molecule has 3 heterocycles. The lowest BCUT2D eigenvalue weighted by Gasteiger charge is -2.28. The van der Waals surface area contributed by atoms with Gasteiger partial charge in [0.25, 0.3) is 0 Å². The maximum absolute atomic E-state index is 5.43. The van der Waals surface area contributed by atoms with E-state index in [0.29, 0.717) is 0 Å². The molecule has 0 unspecified atom stereocenters. The van der Waals surface area contributed by atoms with E-state index in [1.807, 2.05) is 12.3 Å². The second-order valence-electron chi connectivity index (χ2n) is 6.44. The molecule has 2 aliphatic heterocycles. The van der Waals surface area contributed by atoms with E-state index in [9.17, 15) is 0 Å². The van der Waals surface area contributed by atoms with E-state index in [0.717, 1.165) is 57.0 Å². The Hall–Kier alpha value is -1.88. The number of nitrogens with zero attached hydrogens (tertiary/aromatic N) is 3. The number of allylic oxidation sites excluding steroid dienone is 1. The summed E-state index contributed by atoms with van der Waals surface area (Å²) >= 11 is 0. The molecule has 0 spiro atoms. The molecule has 4 nitrogen and oxygen atoms in total. The summed E-state index contributed by atoms with van der Waals surface area (Å²) in [5.41, 5.74) is 6.01. The third kappa shape index (κ3) is 5.32. The Morgan fingerprint density at radius 2 is 1.78 bits per heavy atom. The summed E-state index contributed by atoms with van der Waals surface area (Å²) in [4.78, 5) is 11.4. The van der Waals surface area contributed by atoms with Crippen LogP contribution in [0, 0.1) is 0 Å². The fourth-order valence-electron chi connectivity index (χ4n) is 3.40. The lowest BCUT2D eigenvalue weighted by Crippen LogP contribution is -2.36. The van der Waals surface area contributed by atoms with Crippen molar-refractivity contribution in [2.24, 2.45) is 4.99 Å². The van der Waals surface area contributed by atoms with E-state index < -0.39 is 0 Å². The van der Waals surface area contributed by atoms with Crippen molar-refractivity contribution in [2.75, 3.05) is 37.7 Å². The van der Waals surface area contributed by atoms with Crippen LogP contribution in [0.4, 0.5) is 5.69 Å². The highest BCUT2D eigenvalue weighted by atomic mass is 35.5. The van der Waals surface area contributed by atoms with Crippen LogP contribution in [0.25, 0.3) is 6.08 Å². The first-order valence-corrected chi connectivity index (χ1v) is 8.99. The molecule has 4 rings (SSSR count). The van der Waals surface area contributed by atoms with Crippen LogP contribution in [-0.2, 0) is 4.74 Å². The molecular weight excluding hydrogens is 381 g/mol. The molecule has 6 heteroatoms. The van der Waals surface area contributed by atoms with Crippen LogP contribution in [0.15, 0.2) is 59.4 Å². The van der Waals surface area contributed by atoms with Crippen LogP contribution in [0.1, 0.15) is 24.0 Å². The van der Waals surface area contributed by atoms with E-state index in [1.54, 1.807) is 6.20 Å². The summed E-state index contributed by atoms with van der Waals surface area (Å²) in [6.07, 6.45) is 8.16. The summed E-state index contributed by atoms with van der Waals surface area (Å²) in [6.45, 7) is 4.47. The smallest absolute Gasteiger partial charge is 0.0694 e. The average Bonchev–Trinajstić information content (AvgIpc) is 2.70. The third-order valence-corrected chi connectivity index (χ3v) is 4.72. The number of anilines is 1. The quantitative estimate of drug-likeness (QED) is 0.757. The van der Waals surface area contributed by atoms with Crippen molar-refractivity contribution in [3.63, 3.8) is 0 Å². The summed E-state index contributed by atoms with van der Waals surface area (Å²) in [6, 6.07) is 12.9. The van der Waals surface area contributed by atoms with Crippen LogP contribution in [0.3, 0.4) is 0 Å². The minimum absolute atomic E-state index is 0. The average molecular weight is 406 g/mol. The molecule has 27 heavy (non-hydrogen) atoms. The number of ether oxygens (including phenoxy) is 1. The van der Waals surface area contributed by atoms with E-state index in [2.05, 4.69) is 46.3 Å². The Balaban J connectivity index is 0.00000131. The number of hydrogen-bond acceptors (Lipinski definition) is 4. The number of benzene rings is 1. The lowest BCUT2D eigenvalue weighted by molar-refractivity contribution is 0.122. The van der Waals surface area contributed by atoms with Gasteiger partial charge >= 0.3 is 0 Å². The number of morpholine rings is 1. The van der Waals surface area contributed by atoms with E-state index in [4.69, 9.17) is 9.73 Å². The minimum Gasteiger partial charge on any atom is -0.378 e. The summed E-state index contributed by atoms with van der Waals surface area (Å²) in [7, 11) is 0. The normalized spacial score (nSPS) is 18.3. The highest BCUT2D eigenvalue weighted by molar-refractivity contribution is 6.15. The number of rotatable bonds is 3. The molecular formula is C21H25Cl2N3O. The van der Waals surface area contributed by atoms with Crippen molar-refractivity contribution in [1.29, 1.82) is 0 Å². The predicted octanol–water partition coefficient (Wildman–Crippen LogP) is 4.43. The molecule has 0 aliphatic carbocycles. The first-order chi connectivity index (χ1) is 12.4. The van der Waals surface area contributed by atoms with Gasteiger partial charge in [-0.05, 0) is 54.3 Å². The molecule has 2 aliphatic rings. The van der Waals surface area contributed by atoms with Gasteiger partial charge in [0.1, 0.15) is 0 Å². The maximum atomic E-state index is 5.43. The molecule has 1 aromatic carbocycles. The topological polar surface area (TPSA) is 37.7 Å². The van der Waals surface area contributed by atoms with Gasteiger partial charge < -0.3 is 9.64 Å². The second-order valence-corrected chi connectivity index (χ2v) is 6.44. The van der Waals surface area contributed by atoms with Gasteiger partial charge in [-0.2, -0.15) is 0 Å². The first kappa shape index (κ1) is 21.4. The van der Waals surface area contributed by atoms with Gasteiger partial charge in [0.05, 0.1) is 18.9 Å². The van der Waals surface area contributed by atoms with Crippen molar-refractivity contribution in [1.82, 2.24) is 4.98 Å². The number of hydrogen-bond donors (Lipinski definition) is 0. The van der Waals surface area contributed by atoms with Gasteiger partial charge in [-0.1, -0.05) is 12.1 Å². The molecule has 0 saturated carbocycles.